The monoisotopic (exact) mass is 339 g/mol. The maximum atomic E-state index is 13.5. The molecule has 0 atom stereocenters. The first kappa shape index (κ1) is 16.2. The first-order chi connectivity index (χ1) is 11.3. The Morgan fingerprint density at radius 2 is 2.00 bits per heavy atom. The predicted molar refractivity (Wildman–Crippen MR) is 79.4 cm³/mol. The van der Waals surface area contributed by atoms with Gasteiger partial charge in [0.25, 0.3) is 5.56 Å². The minimum Gasteiger partial charge on any atom is -0.297 e. The lowest BCUT2D eigenvalue weighted by Gasteiger charge is -2.11. The highest BCUT2D eigenvalue weighted by molar-refractivity contribution is 5.41. The first-order valence-electron chi connectivity index (χ1n) is 7.24. The number of hydrogen-bond donors (Lipinski definition) is 1. The fourth-order valence-electron chi connectivity index (χ4n) is 2.63. The van der Waals surface area contributed by atoms with Crippen molar-refractivity contribution in [1.82, 2.24) is 14.6 Å². The molecule has 2 aromatic heterocycles. The van der Waals surface area contributed by atoms with Crippen LogP contribution in [0.1, 0.15) is 29.3 Å². The summed E-state index contributed by atoms with van der Waals surface area (Å²) < 4.78 is 53.2. The molecule has 0 saturated carbocycles. The second-order valence-corrected chi connectivity index (χ2v) is 5.37. The molecule has 3 rings (SSSR count). The van der Waals surface area contributed by atoms with E-state index in [1.165, 1.54) is 10.7 Å². The van der Waals surface area contributed by atoms with Crippen LogP contribution in [0.5, 0.6) is 0 Å². The third-order valence-corrected chi connectivity index (χ3v) is 3.72. The Morgan fingerprint density at radius 3 is 2.67 bits per heavy atom. The van der Waals surface area contributed by atoms with Crippen molar-refractivity contribution >= 4 is 5.65 Å². The van der Waals surface area contributed by atoms with Crippen LogP contribution >= 0.6 is 0 Å². The Hall–Kier alpha value is -2.64. The summed E-state index contributed by atoms with van der Waals surface area (Å²) in [6.07, 6.45) is -2.80. The van der Waals surface area contributed by atoms with Crippen LogP contribution in [0.25, 0.3) is 5.65 Å². The van der Waals surface area contributed by atoms with Crippen LogP contribution in [0.15, 0.2) is 35.3 Å². The largest absolute Gasteiger partial charge is 0.416 e. The smallest absolute Gasteiger partial charge is 0.297 e. The third-order valence-electron chi connectivity index (χ3n) is 3.72. The maximum absolute atomic E-state index is 13.5. The van der Waals surface area contributed by atoms with Crippen molar-refractivity contribution in [3.63, 3.8) is 0 Å². The summed E-state index contributed by atoms with van der Waals surface area (Å²) in [7, 11) is 0. The third kappa shape index (κ3) is 2.91. The van der Waals surface area contributed by atoms with Crippen molar-refractivity contribution in [1.29, 1.82) is 0 Å². The van der Waals surface area contributed by atoms with Gasteiger partial charge in [0.2, 0.25) is 0 Å². The average molecular weight is 339 g/mol. The number of aromatic nitrogens is 3. The van der Waals surface area contributed by atoms with Crippen LogP contribution in [0.2, 0.25) is 0 Å². The van der Waals surface area contributed by atoms with E-state index in [-0.39, 0.29) is 17.5 Å². The predicted octanol–water partition coefficient (Wildman–Crippen LogP) is 3.33. The molecule has 0 aliphatic carbocycles. The van der Waals surface area contributed by atoms with Crippen LogP contribution in [0.3, 0.4) is 0 Å². The average Bonchev–Trinajstić information content (AvgIpc) is 2.97. The summed E-state index contributed by atoms with van der Waals surface area (Å²) >= 11 is 0. The quantitative estimate of drug-likeness (QED) is 0.744. The summed E-state index contributed by atoms with van der Waals surface area (Å²) in [6.45, 7) is 1.79. The zero-order valence-corrected chi connectivity index (χ0v) is 12.6. The molecule has 0 radical (unpaired) electrons. The lowest BCUT2D eigenvalue weighted by Crippen LogP contribution is -2.23. The molecule has 0 bridgehead atoms. The Kier molecular flexibility index (Phi) is 3.90. The van der Waals surface area contributed by atoms with Gasteiger partial charge in [0.05, 0.1) is 11.3 Å². The molecule has 0 aliphatic rings. The number of H-pyrrole nitrogens is 1. The molecule has 24 heavy (non-hydrogen) atoms. The van der Waals surface area contributed by atoms with Crippen LogP contribution in [-0.2, 0) is 19.0 Å². The number of fused-ring (bicyclic) bond motifs is 1. The van der Waals surface area contributed by atoms with Gasteiger partial charge in [0.1, 0.15) is 5.82 Å². The van der Waals surface area contributed by atoms with Crippen molar-refractivity contribution < 1.29 is 17.6 Å². The van der Waals surface area contributed by atoms with E-state index in [1.54, 1.807) is 13.0 Å². The van der Waals surface area contributed by atoms with Crippen LogP contribution < -0.4 is 5.56 Å². The molecule has 126 valence electrons. The Morgan fingerprint density at radius 1 is 1.25 bits per heavy atom. The summed E-state index contributed by atoms with van der Waals surface area (Å²) in [5.41, 5.74) is -0.254. The van der Waals surface area contributed by atoms with Gasteiger partial charge in [-0.25, -0.2) is 13.9 Å². The highest BCUT2D eigenvalue weighted by Crippen LogP contribution is 2.30. The highest BCUT2D eigenvalue weighted by Gasteiger charge is 2.31. The van der Waals surface area contributed by atoms with Crippen LogP contribution in [0, 0.1) is 5.82 Å². The number of halogens is 4. The first-order valence-corrected chi connectivity index (χ1v) is 7.24. The van der Waals surface area contributed by atoms with E-state index in [4.69, 9.17) is 0 Å². The fourth-order valence-corrected chi connectivity index (χ4v) is 2.63. The van der Waals surface area contributed by atoms with Crippen LogP contribution in [0.4, 0.5) is 17.6 Å². The molecule has 0 saturated heterocycles. The molecule has 0 aliphatic heterocycles. The molecule has 1 aromatic carbocycles. The highest BCUT2D eigenvalue weighted by atomic mass is 19.4. The lowest BCUT2D eigenvalue weighted by atomic mass is 10.0. The van der Waals surface area contributed by atoms with E-state index >= 15 is 0 Å². The van der Waals surface area contributed by atoms with E-state index < -0.39 is 23.1 Å². The Balaban J connectivity index is 2.12. The molecule has 0 unspecified atom stereocenters. The molecular formula is C16H13F4N3O. The Labute approximate surface area is 133 Å². The van der Waals surface area contributed by atoms with Crippen molar-refractivity contribution in [3.05, 3.63) is 69.0 Å². The molecule has 0 amide bonds. The van der Waals surface area contributed by atoms with Gasteiger partial charge in [-0.3, -0.25) is 9.89 Å². The number of aryl methyl sites for hydroxylation is 1. The SMILES string of the molecule is CCc1nc2cc[nH]n2c(=O)c1Cc1cc(F)cc(C(F)(F)F)c1. The summed E-state index contributed by atoms with van der Waals surface area (Å²) in [5.74, 6) is -0.994. The van der Waals surface area contributed by atoms with Gasteiger partial charge in [-0.2, -0.15) is 13.2 Å². The number of aromatic amines is 1. The fraction of sp³-hybridized carbons (Fsp3) is 0.250. The lowest BCUT2D eigenvalue weighted by molar-refractivity contribution is -0.137. The number of rotatable bonds is 3. The number of nitrogens with one attached hydrogen (secondary N) is 1. The Bertz CT molecular complexity index is 956. The molecule has 8 heteroatoms. The van der Waals surface area contributed by atoms with Crippen molar-refractivity contribution in [3.8, 4) is 0 Å². The number of alkyl halides is 3. The van der Waals surface area contributed by atoms with Crippen molar-refractivity contribution in [2.45, 2.75) is 25.9 Å². The molecule has 0 spiro atoms. The number of hydrogen-bond acceptors (Lipinski definition) is 2. The summed E-state index contributed by atoms with van der Waals surface area (Å²) in [4.78, 5) is 16.8. The molecule has 1 N–H and O–H groups in total. The van der Waals surface area contributed by atoms with Gasteiger partial charge in [-0.15, -0.1) is 0 Å². The van der Waals surface area contributed by atoms with Gasteiger partial charge in [-0.1, -0.05) is 6.92 Å². The topological polar surface area (TPSA) is 50.2 Å². The maximum Gasteiger partial charge on any atom is 0.416 e. The molecule has 0 fully saturated rings. The standard InChI is InChI=1S/C16H13F4N3O/c1-2-13-12(15(24)23-14(22-13)3-4-21-23)7-9-5-10(16(18,19)20)8-11(17)6-9/h3-6,8,21H,2,7H2,1H3. The van der Waals surface area contributed by atoms with Gasteiger partial charge < -0.3 is 0 Å². The van der Waals surface area contributed by atoms with Crippen LogP contribution in [-0.4, -0.2) is 14.6 Å². The second kappa shape index (κ2) is 5.77. The van der Waals surface area contributed by atoms with Gasteiger partial charge in [0.15, 0.2) is 5.65 Å². The molecule has 4 nitrogen and oxygen atoms in total. The molecule has 3 aromatic rings. The van der Waals surface area contributed by atoms with E-state index in [2.05, 4.69) is 10.1 Å². The zero-order valence-electron chi connectivity index (χ0n) is 12.6. The van der Waals surface area contributed by atoms with E-state index in [0.717, 1.165) is 12.1 Å². The zero-order chi connectivity index (χ0) is 17.5. The molecular weight excluding hydrogens is 326 g/mol. The second-order valence-electron chi connectivity index (χ2n) is 5.37. The van der Waals surface area contributed by atoms with Gasteiger partial charge in [0, 0.05) is 24.2 Å². The normalized spacial score (nSPS) is 12.0. The van der Waals surface area contributed by atoms with E-state index in [1.807, 2.05) is 0 Å². The van der Waals surface area contributed by atoms with E-state index in [9.17, 15) is 22.4 Å². The number of nitrogens with zero attached hydrogens (tertiary/aromatic N) is 2. The minimum absolute atomic E-state index is 0.0717. The van der Waals surface area contributed by atoms with E-state index in [0.29, 0.717) is 23.8 Å². The van der Waals surface area contributed by atoms with Crippen molar-refractivity contribution in [2.24, 2.45) is 0 Å². The number of benzene rings is 1. The van der Waals surface area contributed by atoms with Gasteiger partial charge in [-0.05, 0) is 30.2 Å². The molecule has 2 heterocycles. The summed E-state index contributed by atoms with van der Waals surface area (Å²) in [6, 6.07) is 3.90. The van der Waals surface area contributed by atoms with Crippen molar-refractivity contribution in [2.75, 3.05) is 0 Å². The van der Waals surface area contributed by atoms with Gasteiger partial charge >= 0.3 is 6.18 Å². The minimum atomic E-state index is -4.65. The summed E-state index contributed by atoms with van der Waals surface area (Å²) in [5, 5.41) is 2.70.